The quantitative estimate of drug-likeness (QED) is 0.892. The van der Waals surface area contributed by atoms with E-state index in [-0.39, 0.29) is 11.1 Å². The van der Waals surface area contributed by atoms with E-state index in [1.54, 1.807) is 0 Å². The lowest BCUT2D eigenvalue weighted by atomic mass is 10.3. The lowest BCUT2D eigenvalue weighted by Gasteiger charge is -2.13. The molecule has 1 atom stereocenters. The molecule has 2 rings (SSSR count). The van der Waals surface area contributed by atoms with Gasteiger partial charge in [0, 0.05) is 12.2 Å². The first-order valence-electron chi connectivity index (χ1n) is 5.56. The second-order valence-corrected chi connectivity index (χ2v) is 4.82. The summed E-state index contributed by atoms with van der Waals surface area (Å²) in [4.78, 5) is 24.8. The Morgan fingerprint density at radius 3 is 2.65 bits per heavy atom. The van der Waals surface area contributed by atoms with E-state index in [2.05, 4.69) is 5.32 Å². The third-order valence-corrected chi connectivity index (χ3v) is 3.43. The smallest absolute Gasteiger partial charge is 0.290 e. The number of para-hydroxylation sites is 1. The average molecular weight is 250 g/mol. The molecule has 1 N–H and O–H groups in total. The van der Waals surface area contributed by atoms with E-state index in [0.717, 1.165) is 23.9 Å². The van der Waals surface area contributed by atoms with Crippen molar-refractivity contribution in [3.63, 3.8) is 0 Å². The molecule has 1 aliphatic rings. The molecule has 0 aromatic heterocycles. The molecule has 1 fully saturated rings. The van der Waals surface area contributed by atoms with Gasteiger partial charge in [-0.25, -0.2) is 0 Å². The van der Waals surface area contributed by atoms with Crippen molar-refractivity contribution in [3.8, 4) is 0 Å². The van der Waals surface area contributed by atoms with Crippen LogP contribution in [0.1, 0.15) is 13.3 Å². The Morgan fingerprint density at radius 2 is 2.00 bits per heavy atom. The molecule has 0 spiro atoms. The Hall–Kier alpha value is -1.49. The molecule has 1 aromatic carbocycles. The highest BCUT2D eigenvalue weighted by Crippen LogP contribution is 2.28. The summed E-state index contributed by atoms with van der Waals surface area (Å²) in [6, 6.07) is 9.43. The molecular weight excluding hydrogens is 236 g/mol. The van der Waals surface area contributed by atoms with Crippen molar-refractivity contribution >= 4 is 28.6 Å². The fourth-order valence-electron chi connectivity index (χ4n) is 1.65. The number of carbonyl (C=O) groups excluding carboxylic acids is 2. The van der Waals surface area contributed by atoms with E-state index in [1.807, 2.05) is 37.3 Å². The van der Waals surface area contributed by atoms with Crippen LogP contribution in [0.25, 0.3) is 0 Å². The average Bonchev–Trinajstić information content (AvgIpc) is 2.59. The van der Waals surface area contributed by atoms with Crippen LogP contribution in [-0.4, -0.2) is 28.0 Å². The zero-order chi connectivity index (χ0) is 12.3. The summed E-state index contributed by atoms with van der Waals surface area (Å²) >= 11 is 1.04. The van der Waals surface area contributed by atoms with Gasteiger partial charge in [0.2, 0.25) is 0 Å². The molecule has 0 radical (unpaired) electrons. The van der Waals surface area contributed by atoms with Gasteiger partial charge >= 0.3 is 0 Å². The highest BCUT2D eigenvalue weighted by Gasteiger charge is 2.38. The number of imide groups is 1. The van der Waals surface area contributed by atoms with Crippen molar-refractivity contribution in [1.82, 2.24) is 4.90 Å². The van der Waals surface area contributed by atoms with Crippen LogP contribution < -0.4 is 5.32 Å². The fourth-order valence-corrected chi connectivity index (χ4v) is 2.58. The molecule has 0 aliphatic carbocycles. The minimum Gasteiger partial charge on any atom is -0.365 e. The van der Waals surface area contributed by atoms with Gasteiger partial charge in [-0.05, 0) is 30.3 Å². The Bertz CT molecular complexity index is 422. The molecule has 2 amide bonds. The zero-order valence-electron chi connectivity index (χ0n) is 9.55. The van der Waals surface area contributed by atoms with Crippen molar-refractivity contribution < 1.29 is 9.59 Å². The zero-order valence-corrected chi connectivity index (χ0v) is 10.4. The summed E-state index contributed by atoms with van der Waals surface area (Å²) < 4.78 is 0. The number of nitrogens with zero attached hydrogens (tertiary/aromatic N) is 1. The highest BCUT2D eigenvalue weighted by molar-refractivity contribution is 8.15. The van der Waals surface area contributed by atoms with Gasteiger partial charge in [0.1, 0.15) is 0 Å². The number of carbonyl (C=O) groups is 2. The predicted octanol–water partition coefficient (Wildman–Crippen LogP) is 2.53. The molecule has 0 bridgehead atoms. The molecule has 1 unspecified atom stereocenters. The van der Waals surface area contributed by atoms with Gasteiger partial charge in [0.15, 0.2) is 5.37 Å². The summed E-state index contributed by atoms with van der Waals surface area (Å²) in [5, 5.41) is 2.41. The number of hydrogen-bond donors (Lipinski definition) is 1. The molecule has 17 heavy (non-hydrogen) atoms. The van der Waals surface area contributed by atoms with Crippen LogP contribution in [0.2, 0.25) is 0 Å². The molecule has 4 nitrogen and oxygen atoms in total. The minimum absolute atomic E-state index is 0.147. The first-order chi connectivity index (χ1) is 8.22. The van der Waals surface area contributed by atoms with Crippen LogP contribution in [-0.2, 0) is 4.79 Å². The van der Waals surface area contributed by atoms with Gasteiger partial charge in [-0.2, -0.15) is 0 Å². The fraction of sp³-hybridized carbons (Fsp3) is 0.333. The van der Waals surface area contributed by atoms with Gasteiger partial charge in [0.05, 0.1) is 0 Å². The summed E-state index contributed by atoms with van der Waals surface area (Å²) in [7, 11) is 0. The third-order valence-electron chi connectivity index (χ3n) is 2.45. The van der Waals surface area contributed by atoms with Crippen LogP contribution in [0, 0.1) is 0 Å². The Balaban J connectivity index is 2.04. The predicted molar refractivity (Wildman–Crippen MR) is 68.8 cm³/mol. The normalized spacial score (nSPS) is 19.8. The van der Waals surface area contributed by atoms with Crippen LogP contribution in [0.5, 0.6) is 0 Å². The molecule has 1 aromatic rings. The van der Waals surface area contributed by atoms with E-state index in [4.69, 9.17) is 0 Å². The number of thioether (sulfide) groups is 1. The van der Waals surface area contributed by atoms with Crippen LogP contribution in [0.4, 0.5) is 10.5 Å². The minimum atomic E-state index is -0.489. The van der Waals surface area contributed by atoms with Gasteiger partial charge in [-0.15, -0.1) is 0 Å². The molecule has 90 valence electrons. The summed E-state index contributed by atoms with van der Waals surface area (Å²) in [6.07, 6.45) is 0.788. The number of hydrogen-bond acceptors (Lipinski definition) is 4. The maximum absolute atomic E-state index is 11.9. The second-order valence-electron chi connectivity index (χ2n) is 3.76. The van der Waals surface area contributed by atoms with E-state index in [9.17, 15) is 9.59 Å². The SMILES string of the molecule is CCCN1C(=O)SC(Nc2ccccc2)C1=O. The first kappa shape index (κ1) is 12.0. The van der Waals surface area contributed by atoms with Crippen molar-refractivity contribution in [2.75, 3.05) is 11.9 Å². The van der Waals surface area contributed by atoms with E-state index in [0.29, 0.717) is 6.54 Å². The van der Waals surface area contributed by atoms with Crippen molar-refractivity contribution in [1.29, 1.82) is 0 Å². The summed E-state index contributed by atoms with van der Waals surface area (Å²) in [5.74, 6) is -0.147. The monoisotopic (exact) mass is 250 g/mol. The number of benzene rings is 1. The molecular formula is C12H14N2O2S. The van der Waals surface area contributed by atoms with Crippen molar-refractivity contribution in [2.24, 2.45) is 0 Å². The highest BCUT2D eigenvalue weighted by atomic mass is 32.2. The number of nitrogens with one attached hydrogen (secondary N) is 1. The van der Waals surface area contributed by atoms with Gasteiger partial charge in [-0.1, -0.05) is 25.1 Å². The topological polar surface area (TPSA) is 49.4 Å². The standard InChI is InChI=1S/C12H14N2O2S/c1-2-8-14-11(15)10(17-12(14)16)13-9-6-4-3-5-7-9/h3-7,10,13H,2,8H2,1H3. The molecule has 1 aliphatic heterocycles. The van der Waals surface area contributed by atoms with Crippen molar-refractivity contribution in [2.45, 2.75) is 18.7 Å². The van der Waals surface area contributed by atoms with E-state index in [1.165, 1.54) is 4.90 Å². The Kier molecular flexibility index (Phi) is 3.68. The van der Waals surface area contributed by atoms with Crippen LogP contribution in [0.3, 0.4) is 0 Å². The van der Waals surface area contributed by atoms with Gasteiger partial charge < -0.3 is 5.32 Å². The Morgan fingerprint density at radius 1 is 1.29 bits per heavy atom. The van der Waals surface area contributed by atoms with Crippen LogP contribution >= 0.6 is 11.8 Å². The van der Waals surface area contributed by atoms with Crippen LogP contribution in [0.15, 0.2) is 30.3 Å². The number of anilines is 1. The maximum atomic E-state index is 11.9. The molecule has 1 heterocycles. The van der Waals surface area contributed by atoms with Crippen molar-refractivity contribution in [3.05, 3.63) is 30.3 Å². The first-order valence-corrected chi connectivity index (χ1v) is 6.44. The summed E-state index contributed by atoms with van der Waals surface area (Å²) in [6.45, 7) is 2.45. The molecule has 1 saturated heterocycles. The maximum Gasteiger partial charge on any atom is 0.290 e. The molecule has 5 heteroatoms. The van der Waals surface area contributed by atoms with E-state index < -0.39 is 5.37 Å². The van der Waals surface area contributed by atoms with Gasteiger partial charge in [0.25, 0.3) is 11.1 Å². The Labute approximate surface area is 104 Å². The third kappa shape index (κ3) is 2.61. The molecule has 0 saturated carbocycles. The number of amides is 2. The van der Waals surface area contributed by atoms with Gasteiger partial charge in [-0.3, -0.25) is 14.5 Å². The lowest BCUT2D eigenvalue weighted by Crippen LogP contribution is -2.34. The van der Waals surface area contributed by atoms with E-state index >= 15 is 0 Å². The summed E-state index contributed by atoms with van der Waals surface area (Å²) in [5.41, 5.74) is 0.851. The lowest BCUT2D eigenvalue weighted by molar-refractivity contribution is -0.126. The number of rotatable bonds is 4. The second kappa shape index (κ2) is 5.23. The largest absolute Gasteiger partial charge is 0.365 e.